The summed E-state index contributed by atoms with van der Waals surface area (Å²) in [4.78, 5) is 25.3. The first-order valence-electron chi connectivity index (χ1n) is 15.9. The van der Waals surface area contributed by atoms with E-state index in [-0.39, 0.29) is 23.7 Å². The average Bonchev–Trinajstić information content (AvgIpc) is 3.01. The van der Waals surface area contributed by atoms with Crippen molar-refractivity contribution in [3.05, 3.63) is 89.5 Å². The van der Waals surface area contributed by atoms with Crippen LogP contribution in [0.1, 0.15) is 81.5 Å². The normalized spacial score (nSPS) is 16.6. The molecule has 1 aliphatic heterocycles. The number of rotatable bonds is 14. The van der Waals surface area contributed by atoms with Crippen LogP contribution in [0.3, 0.4) is 0 Å². The molecule has 1 heterocycles. The van der Waals surface area contributed by atoms with Crippen molar-refractivity contribution in [1.82, 2.24) is 5.32 Å². The van der Waals surface area contributed by atoms with Gasteiger partial charge in [0.2, 0.25) is 0 Å². The van der Waals surface area contributed by atoms with E-state index in [9.17, 15) is 14.7 Å². The minimum atomic E-state index is -1.01. The highest BCUT2D eigenvalue weighted by Crippen LogP contribution is 2.30. The number of carboxylic acids is 1. The van der Waals surface area contributed by atoms with Crippen LogP contribution in [0.5, 0.6) is 5.75 Å². The van der Waals surface area contributed by atoms with Gasteiger partial charge in [0.15, 0.2) is 6.29 Å². The van der Waals surface area contributed by atoms with E-state index in [4.69, 9.17) is 18.9 Å². The lowest BCUT2D eigenvalue weighted by Gasteiger charge is -2.33. The Morgan fingerprint density at radius 3 is 2.31 bits per heavy atom. The predicted octanol–water partition coefficient (Wildman–Crippen LogP) is 7.21. The van der Waals surface area contributed by atoms with Crippen LogP contribution in [0.4, 0.5) is 0 Å². The number of aromatic carboxylic acids is 1. The predicted molar refractivity (Wildman–Crippen MR) is 174 cm³/mol. The third-order valence-electron chi connectivity index (χ3n) is 7.38. The topological polar surface area (TPSA) is 103 Å². The van der Waals surface area contributed by atoms with Gasteiger partial charge in [-0.15, -0.1) is 0 Å². The Morgan fingerprint density at radius 2 is 1.69 bits per heavy atom. The van der Waals surface area contributed by atoms with Gasteiger partial charge in [-0.1, -0.05) is 74.5 Å². The van der Waals surface area contributed by atoms with Gasteiger partial charge < -0.3 is 29.4 Å². The lowest BCUT2D eigenvalue weighted by molar-refractivity contribution is -0.202. The fourth-order valence-corrected chi connectivity index (χ4v) is 5.14. The molecule has 242 valence electrons. The number of esters is 1. The number of carbonyl (C=O) groups excluding carboxylic acids is 1. The minimum absolute atomic E-state index is 0.148. The highest BCUT2D eigenvalue weighted by Gasteiger charge is 2.36. The van der Waals surface area contributed by atoms with Gasteiger partial charge in [0.25, 0.3) is 0 Å². The van der Waals surface area contributed by atoms with Crippen molar-refractivity contribution < 1.29 is 33.6 Å². The van der Waals surface area contributed by atoms with Crippen molar-refractivity contribution >= 4 is 11.9 Å². The summed E-state index contributed by atoms with van der Waals surface area (Å²) in [7, 11) is 0. The van der Waals surface area contributed by atoms with Crippen LogP contribution in [0.2, 0.25) is 0 Å². The molecule has 0 radical (unpaired) electrons. The van der Waals surface area contributed by atoms with Crippen LogP contribution in [0, 0.1) is 5.92 Å². The summed E-state index contributed by atoms with van der Waals surface area (Å²) in [5, 5.41) is 13.0. The molecule has 0 bridgehead atoms. The fourth-order valence-electron chi connectivity index (χ4n) is 5.14. The van der Waals surface area contributed by atoms with E-state index in [0.717, 1.165) is 41.5 Å². The van der Waals surface area contributed by atoms with Gasteiger partial charge in [-0.25, -0.2) is 4.79 Å². The SMILES string of the molecule is CC(C)COc1cc(-c2ccc(CCNC(C(=O)OC(C)(C)C)[C@H](OC3CCCCO3)c3ccccc3)cc2)ccc1C(=O)O. The van der Waals surface area contributed by atoms with Gasteiger partial charge in [0.05, 0.1) is 6.61 Å². The molecule has 3 atom stereocenters. The van der Waals surface area contributed by atoms with Crippen LogP contribution in [-0.2, 0) is 25.4 Å². The molecule has 2 N–H and O–H groups in total. The molecular weight excluding hydrogens is 570 g/mol. The molecule has 45 heavy (non-hydrogen) atoms. The standard InChI is InChI=1S/C37H47NO7/c1-25(2)24-43-31-23-29(18-19-30(31)35(39)40)27-16-14-26(15-17-27)20-21-38-33(36(41)45-37(3,4)5)34(28-11-7-6-8-12-28)44-32-13-9-10-22-42-32/h6-8,11-12,14-19,23,25,32-34,38H,9-10,13,20-22,24H2,1-5H3,(H,39,40)/t32?,33?,34-/m1/s1. The Hall–Kier alpha value is -3.72. The molecule has 3 aromatic rings. The van der Waals surface area contributed by atoms with Crippen LogP contribution in [-0.4, -0.2) is 54.7 Å². The van der Waals surface area contributed by atoms with Gasteiger partial charge in [-0.3, -0.25) is 4.79 Å². The molecule has 8 nitrogen and oxygen atoms in total. The van der Waals surface area contributed by atoms with Crippen LogP contribution in [0.15, 0.2) is 72.8 Å². The molecule has 3 aromatic carbocycles. The zero-order valence-electron chi connectivity index (χ0n) is 27.1. The fraction of sp³-hybridized carbons (Fsp3) is 0.459. The third-order valence-corrected chi connectivity index (χ3v) is 7.38. The number of carbonyl (C=O) groups is 2. The van der Waals surface area contributed by atoms with Crippen LogP contribution < -0.4 is 10.1 Å². The second-order valence-corrected chi connectivity index (χ2v) is 12.9. The van der Waals surface area contributed by atoms with Gasteiger partial charge in [-0.2, -0.15) is 0 Å². The molecule has 0 aromatic heterocycles. The Morgan fingerprint density at radius 1 is 0.978 bits per heavy atom. The molecule has 0 spiro atoms. The summed E-state index contributed by atoms with van der Waals surface area (Å²) < 4.78 is 24.0. The van der Waals surface area contributed by atoms with Gasteiger partial charge in [0, 0.05) is 13.2 Å². The molecule has 2 unspecified atom stereocenters. The molecule has 4 rings (SSSR count). The first-order chi connectivity index (χ1) is 21.5. The van der Waals surface area contributed by atoms with E-state index in [1.165, 1.54) is 0 Å². The molecular formula is C37H47NO7. The summed E-state index contributed by atoms with van der Waals surface area (Å²) >= 11 is 0. The molecule has 1 aliphatic rings. The quantitative estimate of drug-likeness (QED) is 0.183. The van der Waals surface area contributed by atoms with Gasteiger partial charge in [0.1, 0.15) is 29.1 Å². The average molecular weight is 618 g/mol. The lowest BCUT2D eigenvalue weighted by Crippen LogP contribution is -2.47. The maximum absolute atomic E-state index is 13.6. The van der Waals surface area contributed by atoms with E-state index in [1.807, 2.05) is 89.2 Å². The van der Waals surface area contributed by atoms with Gasteiger partial charge >= 0.3 is 11.9 Å². The number of benzene rings is 3. The highest BCUT2D eigenvalue weighted by atomic mass is 16.7. The van der Waals surface area contributed by atoms with Crippen molar-refractivity contribution in [2.24, 2.45) is 5.92 Å². The summed E-state index contributed by atoms with van der Waals surface area (Å²) in [6, 6.07) is 22.3. The molecule has 1 fully saturated rings. The van der Waals surface area contributed by atoms with E-state index >= 15 is 0 Å². The van der Waals surface area contributed by atoms with Crippen LogP contribution in [0.25, 0.3) is 11.1 Å². The molecule has 0 aliphatic carbocycles. The van der Waals surface area contributed by atoms with Crippen molar-refractivity contribution in [3.63, 3.8) is 0 Å². The van der Waals surface area contributed by atoms with E-state index in [2.05, 4.69) is 5.32 Å². The summed E-state index contributed by atoms with van der Waals surface area (Å²) in [6.45, 7) is 11.2. The molecule has 1 saturated heterocycles. The summed E-state index contributed by atoms with van der Waals surface area (Å²) in [5.74, 6) is -0.751. The Kier molecular flexibility index (Phi) is 12.2. The van der Waals surface area contributed by atoms with E-state index in [0.29, 0.717) is 31.9 Å². The van der Waals surface area contributed by atoms with E-state index < -0.39 is 23.7 Å². The Bertz CT molecular complexity index is 1380. The van der Waals surface area contributed by atoms with Crippen LogP contribution >= 0.6 is 0 Å². The first kappa shape index (κ1) is 34.2. The largest absolute Gasteiger partial charge is 0.492 e. The maximum Gasteiger partial charge on any atom is 0.339 e. The van der Waals surface area contributed by atoms with Gasteiger partial charge in [-0.05, 0) is 86.8 Å². The molecule has 8 heteroatoms. The molecule has 0 amide bonds. The van der Waals surface area contributed by atoms with E-state index in [1.54, 1.807) is 18.2 Å². The highest BCUT2D eigenvalue weighted by molar-refractivity contribution is 5.92. The Labute approximate surface area is 267 Å². The second kappa shape index (κ2) is 16.0. The summed E-state index contributed by atoms with van der Waals surface area (Å²) in [6.07, 6.45) is 2.49. The number of nitrogens with one attached hydrogen (secondary N) is 1. The van der Waals surface area contributed by atoms with Crippen molar-refractivity contribution in [1.29, 1.82) is 0 Å². The number of carboxylic acid groups (broad SMARTS) is 1. The van der Waals surface area contributed by atoms with Crippen molar-refractivity contribution in [2.75, 3.05) is 19.8 Å². The monoisotopic (exact) mass is 617 g/mol. The summed E-state index contributed by atoms with van der Waals surface area (Å²) in [5.41, 5.74) is 3.29. The maximum atomic E-state index is 13.6. The number of hydrogen-bond acceptors (Lipinski definition) is 7. The Balaban J connectivity index is 1.49. The zero-order valence-corrected chi connectivity index (χ0v) is 27.1. The second-order valence-electron chi connectivity index (χ2n) is 12.9. The third kappa shape index (κ3) is 10.4. The zero-order chi connectivity index (χ0) is 32.4. The first-order valence-corrected chi connectivity index (χ1v) is 15.9. The van der Waals surface area contributed by atoms with Crippen molar-refractivity contribution in [2.45, 2.75) is 84.3 Å². The minimum Gasteiger partial charge on any atom is -0.492 e. The van der Waals surface area contributed by atoms with Crippen molar-refractivity contribution in [3.8, 4) is 16.9 Å². The lowest BCUT2D eigenvalue weighted by atomic mass is 9.99. The smallest absolute Gasteiger partial charge is 0.339 e. The molecule has 0 saturated carbocycles. The number of hydrogen-bond donors (Lipinski definition) is 2. The number of ether oxygens (including phenoxy) is 4.